The van der Waals surface area contributed by atoms with Gasteiger partial charge in [-0.05, 0) is 23.6 Å². The smallest absolute Gasteiger partial charge is 0.225 e. The average molecular weight is 231 g/mol. The number of hydrogen-bond donors (Lipinski definition) is 2. The van der Waals surface area contributed by atoms with Crippen LogP contribution in [-0.4, -0.2) is 8.42 Å². The Labute approximate surface area is 89.8 Å². The Bertz CT molecular complexity index is 438. The first-order valence-electron chi connectivity index (χ1n) is 4.18. The van der Waals surface area contributed by atoms with Gasteiger partial charge in [0.2, 0.25) is 10.0 Å². The van der Waals surface area contributed by atoms with Crippen molar-refractivity contribution in [1.82, 2.24) is 0 Å². The molecule has 1 aromatic carbocycles. The predicted octanol–water partition coefficient (Wildman–Crippen LogP) is 1.75. The SMILES string of the molecule is CC(C)c1ccc(S)c(S(N)(=O)=O)c1. The van der Waals surface area contributed by atoms with Gasteiger partial charge in [0.05, 0.1) is 4.90 Å². The van der Waals surface area contributed by atoms with E-state index in [-0.39, 0.29) is 10.8 Å². The molecule has 0 unspecified atom stereocenters. The molecule has 0 saturated heterocycles. The Balaban J connectivity index is 3.37. The van der Waals surface area contributed by atoms with Gasteiger partial charge in [0.15, 0.2) is 0 Å². The third-order valence-electron chi connectivity index (χ3n) is 1.96. The summed E-state index contributed by atoms with van der Waals surface area (Å²) in [7, 11) is -3.67. The fourth-order valence-corrected chi connectivity index (χ4v) is 2.30. The lowest BCUT2D eigenvalue weighted by atomic mass is 10.0. The fraction of sp³-hybridized carbons (Fsp3) is 0.333. The molecule has 3 nitrogen and oxygen atoms in total. The molecule has 0 saturated carbocycles. The summed E-state index contributed by atoms with van der Waals surface area (Å²) in [5.41, 5.74) is 0.937. The molecule has 0 heterocycles. The molecule has 2 N–H and O–H groups in total. The molecule has 0 atom stereocenters. The first-order valence-corrected chi connectivity index (χ1v) is 6.17. The van der Waals surface area contributed by atoms with Crippen LogP contribution in [0.25, 0.3) is 0 Å². The van der Waals surface area contributed by atoms with Gasteiger partial charge in [-0.15, -0.1) is 12.6 Å². The number of benzene rings is 1. The molecule has 0 aliphatic rings. The Morgan fingerprint density at radius 1 is 1.36 bits per heavy atom. The van der Waals surface area contributed by atoms with Crippen molar-refractivity contribution in [2.24, 2.45) is 5.14 Å². The number of nitrogens with two attached hydrogens (primary N) is 1. The summed E-state index contributed by atoms with van der Waals surface area (Å²) in [6.07, 6.45) is 0. The van der Waals surface area contributed by atoms with Crippen LogP contribution in [0.4, 0.5) is 0 Å². The summed E-state index contributed by atoms with van der Waals surface area (Å²) in [5.74, 6) is 0.268. The first-order chi connectivity index (χ1) is 6.32. The Morgan fingerprint density at radius 2 is 1.93 bits per heavy atom. The molecule has 78 valence electrons. The number of thiol groups is 1. The van der Waals surface area contributed by atoms with Crippen LogP contribution >= 0.6 is 12.6 Å². The molecule has 0 amide bonds. The van der Waals surface area contributed by atoms with Crippen LogP contribution < -0.4 is 5.14 Å². The topological polar surface area (TPSA) is 60.2 Å². The van der Waals surface area contributed by atoms with Gasteiger partial charge in [0, 0.05) is 4.90 Å². The van der Waals surface area contributed by atoms with Crippen molar-refractivity contribution in [1.29, 1.82) is 0 Å². The minimum absolute atomic E-state index is 0.0898. The highest BCUT2D eigenvalue weighted by Gasteiger charge is 2.13. The molecular weight excluding hydrogens is 218 g/mol. The summed E-state index contributed by atoms with van der Waals surface area (Å²) >= 11 is 4.05. The number of hydrogen-bond acceptors (Lipinski definition) is 3. The van der Waals surface area contributed by atoms with Crippen molar-refractivity contribution in [2.45, 2.75) is 29.6 Å². The lowest BCUT2D eigenvalue weighted by Gasteiger charge is -2.08. The van der Waals surface area contributed by atoms with E-state index in [2.05, 4.69) is 12.6 Å². The van der Waals surface area contributed by atoms with Gasteiger partial charge in [0.1, 0.15) is 0 Å². The molecule has 0 aliphatic heterocycles. The van der Waals surface area contributed by atoms with Gasteiger partial charge in [-0.2, -0.15) is 0 Å². The normalized spacial score (nSPS) is 12.1. The molecule has 1 aromatic rings. The standard InChI is InChI=1S/C9H13NO2S2/c1-6(2)7-3-4-8(13)9(5-7)14(10,11)12/h3-6,13H,1-2H3,(H2,10,11,12). The molecule has 0 aliphatic carbocycles. The first kappa shape index (κ1) is 11.6. The monoisotopic (exact) mass is 231 g/mol. The molecule has 0 fully saturated rings. The van der Waals surface area contributed by atoms with E-state index < -0.39 is 10.0 Å². The van der Waals surface area contributed by atoms with Crippen molar-refractivity contribution >= 4 is 22.7 Å². The molecule has 5 heteroatoms. The zero-order valence-corrected chi connectivity index (χ0v) is 9.77. The van der Waals surface area contributed by atoms with E-state index in [1.807, 2.05) is 19.9 Å². The van der Waals surface area contributed by atoms with Crippen molar-refractivity contribution in [3.63, 3.8) is 0 Å². The van der Waals surface area contributed by atoms with Crippen molar-refractivity contribution < 1.29 is 8.42 Å². The van der Waals surface area contributed by atoms with Gasteiger partial charge in [-0.25, -0.2) is 13.6 Å². The summed E-state index contributed by atoms with van der Waals surface area (Å²) in [6.45, 7) is 3.97. The largest absolute Gasteiger partial charge is 0.239 e. The molecule has 0 aromatic heterocycles. The maximum Gasteiger partial charge on any atom is 0.239 e. The molecule has 0 bridgehead atoms. The second kappa shape index (κ2) is 3.92. The van der Waals surface area contributed by atoms with Gasteiger partial charge < -0.3 is 0 Å². The molecule has 14 heavy (non-hydrogen) atoms. The van der Waals surface area contributed by atoms with Crippen LogP contribution in [0.3, 0.4) is 0 Å². The highest BCUT2D eigenvalue weighted by molar-refractivity contribution is 7.90. The summed E-state index contributed by atoms with van der Waals surface area (Å²) < 4.78 is 22.3. The minimum atomic E-state index is -3.67. The highest BCUT2D eigenvalue weighted by Crippen LogP contribution is 2.23. The molecule has 0 radical (unpaired) electrons. The molecular formula is C9H13NO2S2. The number of sulfonamides is 1. The van der Waals surface area contributed by atoms with E-state index in [9.17, 15) is 8.42 Å². The zero-order valence-electron chi connectivity index (χ0n) is 8.06. The van der Waals surface area contributed by atoms with E-state index in [4.69, 9.17) is 5.14 Å². The summed E-state index contributed by atoms with van der Waals surface area (Å²) in [6, 6.07) is 5.07. The quantitative estimate of drug-likeness (QED) is 0.762. The molecule has 0 spiro atoms. The summed E-state index contributed by atoms with van der Waals surface area (Å²) in [4.78, 5) is 0.476. The van der Waals surface area contributed by atoms with Crippen LogP contribution in [-0.2, 0) is 10.0 Å². The second-order valence-electron chi connectivity index (χ2n) is 3.43. The minimum Gasteiger partial charge on any atom is -0.225 e. The lowest BCUT2D eigenvalue weighted by molar-refractivity contribution is 0.595. The molecule has 1 rings (SSSR count). The van der Waals surface area contributed by atoms with Crippen LogP contribution in [0.2, 0.25) is 0 Å². The predicted molar refractivity (Wildman–Crippen MR) is 59.2 cm³/mol. The van der Waals surface area contributed by atoms with E-state index in [0.29, 0.717) is 4.90 Å². The van der Waals surface area contributed by atoms with E-state index >= 15 is 0 Å². The Kier molecular flexibility index (Phi) is 3.24. The highest BCUT2D eigenvalue weighted by atomic mass is 32.2. The zero-order chi connectivity index (χ0) is 10.9. The van der Waals surface area contributed by atoms with Gasteiger partial charge in [0.25, 0.3) is 0 Å². The van der Waals surface area contributed by atoms with E-state index in [0.717, 1.165) is 5.56 Å². The maximum atomic E-state index is 11.2. The van der Waals surface area contributed by atoms with Crippen LogP contribution in [0.1, 0.15) is 25.3 Å². The Morgan fingerprint density at radius 3 is 2.36 bits per heavy atom. The summed E-state index contributed by atoms with van der Waals surface area (Å²) in [5, 5.41) is 5.05. The maximum absolute atomic E-state index is 11.2. The van der Waals surface area contributed by atoms with Gasteiger partial charge in [-0.3, -0.25) is 0 Å². The third kappa shape index (κ3) is 2.50. The third-order valence-corrected chi connectivity index (χ3v) is 3.45. The van der Waals surface area contributed by atoms with E-state index in [1.165, 1.54) is 0 Å². The van der Waals surface area contributed by atoms with Crippen LogP contribution in [0, 0.1) is 0 Å². The lowest BCUT2D eigenvalue weighted by Crippen LogP contribution is -2.13. The van der Waals surface area contributed by atoms with Crippen molar-refractivity contribution in [3.8, 4) is 0 Å². The van der Waals surface area contributed by atoms with Crippen LogP contribution in [0.15, 0.2) is 28.0 Å². The Hall–Kier alpha value is -0.520. The second-order valence-corrected chi connectivity index (χ2v) is 5.44. The van der Waals surface area contributed by atoms with Gasteiger partial charge in [-0.1, -0.05) is 19.9 Å². The fourth-order valence-electron chi connectivity index (χ4n) is 1.12. The van der Waals surface area contributed by atoms with Gasteiger partial charge >= 0.3 is 0 Å². The van der Waals surface area contributed by atoms with Crippen molar-refractivity contribution in [3.05, 3.63) is 23.8 Å². The number of rotatable bonds is 2. The van der Waals surface area contributed by atoms with Crippen LogP contribution in [0.5, 0.6) is 0 Å². The average Bonchev–Trinajstić information content (AvgIpc) is 2.02. The number of primary sulfonamides is 1. The van der Waals surface area contributed by atoms with Crippen molar-refractivity contribution in [2.75, 3.05) is 0 Å². The van der Waals surface area contributed by atoms with E-state index in [1.54, 1.807) is 12.1 Å².